The minimum atomic E-state index is 0.188. The first-order chi connectivity index (χ1) is 8.81. The van der Waals surface area contributed by atoms with Gasteiger partial charge in [0.2, 0.25) is 0 Å². The SMILES string of the molecule is C=Cn1cc(CNc2ccc(CCO)cc2)cn1. The van der Waals surface area contributed by atoms with Gasteiger partial charge in [-0.1, -0.05) is 18.7 Å². The highest BCUT2D eigenvalue weighted by Gasteiger charge is 1.97. The number of aliphatic hydroxyl groups is 1. The third kappa shape index (κ3) is 3.21. The Bertz CT molecular complexity index is 502. The molecule has 4 nitrogen and oxygen atoms in total. The van der Waals surface area contributed by atoms with Crippen LogP contribution in [0.15, 0.2) is 43.2 Å². The average molecular weight is 243 g/mol. The van der Waals surface area contributed by atoms with Crippen molar-refractivity contribution in [3.8, 4) is 0 Å². The lowest BCUT2D eigenvalue weighted by atomic mass is 10.1. The Morgan fingerprint density at radius 2 is 2.06 bits per heavy atom. The summed E-state index contributed by atoms with van der Waals surface area (Å²) in [4.78, 5) is 0. The predicted molar refractivity (Wildman–Crippen MR) is 73.2 cm³/mol. The Balaban J connectivity index is 1.91. The van der Waals surface area contributed by atoms with E-state index in [1.54, 1.807) is 10.9 Å². The Kier molecular flexibility index (Phi) is 4.15. The highest BCUT2D eigenvalue weighted by atomic mass is 16.2. The van der Waals surface area contributed by atoms with Crippen LogP contribution in [0.1, 0.15) is 11.1 Å². The van der Waals surface area contributed by atoms with Crippen molar-refractivity contribution in [1.82, 2.24) is 9.78 Å². The minimum Gasteiger partial charge on any atom is -0.396 e. The van der Waals surface area contributed by atoms with Gasteiger partial charge in [0, 0.05) is 36.8 Å². The van der Waals surface area contributed by atoms with E-state index in [2.05, 4.69) is 17.0 Å². The van der Waals surface area contributed by atoms with E-state index < -0.39 is 0 Å². The Hall–Kier alpha value is -2.07. The maximum absolute atomic E-state index is 8.83. The molecule has 0 unspecified atom stereocenters. The molecule has 1 heterocycles. The third-order valence-corrected chi connectivity index (χ3v) is 2.69. The summed E-state index contributed by atoms with van der Waals surface area (Å²) in [6.45, 7) is 4.57. The molecule has 1 aromatic carbocycles. The molecule has 0 aliphatic rings. The predicted octanol–water partition coefficient (Wildman–Crippen LogP) is 2.13. The molecule has 2 rings (SSSR count). The van der Waals surface area contributed by atoms with Crippen molar-refractivity contribution < 1.29 is 5.11 Å². The zero-order valence-electron chi connectivity index (χ0n) is 10.2. The van der Waals surface area contributed by atoms with Crippen LogP contribution in [0.4, 0.5) is 5.69 Å². The van der Waals surface area contributed by atoms with E-state index in [4.69, 9.17) is 5.11 Å². The first kappa shape index (κ1) is 12.4. The number of aliphatic hydroxyl groups excluding tert-OH is 1. The summed E-state index contributed by atoms with van der Waals surface area (Å²) < 4.78 is 1.68. The molecule has 0 spiro atoms. The van der Waals surface area contributed by atoms with E-state index in [9.17, 15) is 0 Å². The normalized spacial score (nSPS) is 10.3. The quantitative estimate of drug-likeness (QED) is 0.817. The van der Waals surface area contributed by atoms with Crippen molar-refractivity contribution in [3.05, 3.63) is 54.4 Å². The fourth-order valence-corrected chi connectivity index (χ4v) is 1.69. The number of nitrogens with one attached hydrogen (secondary N) is 1. The lowest BCUT2D eigenvalue weighted by Crippen LogP contribution is -1.98. The van der Waals surface area contributed by atoms with Gasteiger partial charge >= 0.3 is 0 Å². The molecule has 0 radical (unpaired) electrons. The van der Waals surface area contributed by atoms with Crippen molar-refractivity contribution in [2.24, 2.45) is 0 Å². The van der Waals surface area contributed by atoms with Gasteiger partial charge in [-0.25, -0.2) is 4.68 Å². The lowest BCUT2D eigenvalue weighted by molar-refractivity contribution is 0.299. The zero-order valence-corrected chi connectivity index (χ0v) is 10.2. The highest BCUT2D eigenvalue weighted by molar-refractivity contribution is 5.45. The van der Waals surface area contributed by atoms with E-state index in [0.717, 1.165) is 23.4 Å². The van der Waals surface area contributed by atoms with Crippen LogP contribution in [-0.4, -0.2) is 21.5 Å². The number of hydrogen-bond donors (Lipinski definition) is 2. The molecule has 2 aromatic rings. The van der Waals surface area contributed by atoms with Gasteiger partial charge in [0.1, 0.15) is 0 Å². The number of nitrogens with zero attached hydrogens (tertiary/aromatic N) is 2. The second kappa shape index (κ2) is 6.02. The van der Waals surface area contributed by atoms with E-state index in [0.29, 0.717) is 6.42 Å². The molecule has 94 valence electrons. The van der Waals surface area contributed by atoms with E-state index in [-0.39, 0.29) is 6.61 Å². The number of benzene rings is 1. The van der Waals surface area contributed by atoms with Crippen LogP contribution in [0, 0.1) is 0 Å². The van der Waals surface area contributed by atoms with Crippen molar-refractivity contribution in [1.29, 1.82) is 0 Å². The Labute approximate surface area is 107 Å². The zero-order chi connectivity index (χ0) is 12.8. The van der Waals surface area contributed by atoms with Gasteiger partial charge in [-0.3, -0.25) is 0 Å². The van der Waals surface area contributed by atoms with Crippen molar-refractivity contribution >= 4 is 11.9 Å². The van der Waals surface area contributed by atoms with Gasteiger partial charge < -0.3 is 10.4 Å². The van der Waals surface area contributed by atoms with Crippen LogP contribution in [0.5, 0.6) is 0 Å². The summed E-state index contributed by atoms with van der Waals surface area (Å²) in [5, 5.41) is 16.3. The number of hydrogen-bond acceptors (Lipinski definition) is 3. The molecule has 0 fully saturated rings. The van der Waals surface area contributed by atoms with Gasteiger partial charge in [-0.2, -0.15) is 5.10 Å². The molecule has 0 bridgehead atoms. The van der Waals surface area contributed by atoms with Crippen LogP contribution >= 0.6 is 0 Å². The maximum Gasteiger partial charge on any atom is 0.0543 e. The molecule has 0 aliphatic carbocycles. The topological polar surface area (TPSA) is 50.1 Å². The first-order valence-corrected chi connectivity index (χ1v) is 5.91. The van der Waals surface area contributed by atoms with E-state index >= 15 is 0 Å². The summed E-state index contributed by atoms with van der Waals surface area (Å²) in [6, 6.07) is 8.07. The van der Waals surface area contributed by atoms with E-state index in [1.807, 2.05) is 36.7 Å². The molecule has 1 aromatic heterocycles. The fourth-order valence-electron chi connectivity index (χ4n) is 1.69. The third-order valence-electron chi connectivity index (χ3n) is 2.69. The standard InChI is InChI=1S/C14H17N3O/c1-2-17-11-13(10-16-17)9-15-14-5-3-12(4-6-14)7-8-18/h2-6,10-11,15,18H,1,7-9H2. The Morgan fingerprint density at radius 1 is 1.28 bits per heavy atom. The monoisotopic (exact) mass is 243 g/mol. The van der Waals surface area contributed by atoms with Crippen LogP contribution < -0.4 is 5.32 Å². The molecule has 0 amide bonds. The van der Waals surface area contributed by atoms with Crippen LogP contribution in [-0.2, 0) is 13.0 Å². The van der Waals surface area contributed by atoms with Crippen molar-refractivity contribution in [3.63, 3.8) is 0 Å². The molecule has 0 saturated heterocycles. The smallest absolute Gasteiger partial charge is 0.0543 e. The maximum atomic E-state index is 8.83. The lowest BCUT2D eigenvalue weighted by Gasteiger charge is -2.05. The van der Waals surface area contributed by atoms with Crippen LogP contribution in [0.3, 0.4) is 0 Å². The first-order valence-electron chi connectivity index (χ1n) is 5.91. The largest absolute Gasteiger partial charge is 0.396 e. The molecular formula is C14H17N3O. The second-order valence-electron chi connectivity index (χ2n) is 4.04. The van der Waals surface area contributed by atoms with E-state index in [1.165, 1.54) is 0 Å². The molecule has 0 aliphatic heterocycles. The molecular weight excluding hydrogens is 226 g/mol. The van der Waals surface area contributed by atoms with Crippen LogP contribution in [0.25, 0.3) is 6.20 Å². The number of rotatable bonds is 6. The molecule has 0 saturated carbocycles. The molecule has 0 atom stereocenters. The van der Waals surface area contributed by atoms with Gasteiger partial charge in [0.05, 0.1) is 6.20 Å². The summed E-state index contributed by atoms with van der Waals surface area (Å²) in [7, 11) is 0. The summed E-state index contributed by atoms with van der Waals surface area (Å²) >= 11 is 0. The van der Waals surface area contributed by atoms with Gasteiger partial charge in [0.15, 0.2) is 0 Å². The summed E-state index contributed by atoms with van der Waals surface area (Å²) in [5.74, 6) is 0. The van der Waals surface area contributed by atoms with Gasteiger partial charge in [-0.15, -0.1) is 0 Å². The van der Waals surface area contributed by atoms with Gasteiger partial charge in [0.25, 0.3) is 0 Å². The molecule has 18 heavy (non-hydrogen) atoms. The average Bonchev–Trinajstić information content (AvgIpc) is 2.86. The Morgan fingerprint density at radius 3 is 2.67 bits per heavy atom. The number of aromatic nitrogens is 2. The minimum absolute atomic E-state index is 0.188. The molecule has 4 heteroatoms. The van der Waals surface area contributed by atoms with Crippen molar-refractivity contribution in [2.45, 2.75) is 13.0 Å². The number of anilines is 1. The summed E-state index contributed by atoms with van der Waals surface area (Å²) in [6.07, 6.45) is 6.11. The summed E-state index contributed by atoms with van der Waals surface area (Å²) in [5.41, 5.74) is 3.31. The van der Waals surface area contributed by atoms with Gasteiger partial charge in [-0.05, 0) is 24.1 Å². The second-order valence-corrected chi connectivity index (χ2v) is 4.04. The van der Waals surface area contributed by atoms with Crippen LogP contribution in [0.2, 0.25) is 0 Å². The van der Waals surface area contributed by atoms with Crippen molar-refractivity contribution in [2.75, 3.05) is 11.9 Å². The molecule has 2 N–H and O–H groups in total. The fraction of sp³-hybridized carbons (Fsp3) is 0.214. The highest BCUT2D eigenvalue weighted by Crippen LogP contribution is 2.11.